The van der Waals surface area contributed by atoms with Gasteiger partial charge in [-0.25, -0.2) is 0 Å². The first kappa shape index (κ1) is 14.4. The van der Waals surface area contributed by atoms with Gasteiger partial charge in [-0.05, 0) is 5.04 Å². The van der Waals surface area contributed by atoms with Gasteiger partial charge in [-0.15, -0.1) is 0 Å². The van der Waals surface area contributed by atoms with Gasteiger partial charge in [0.2, 0.25) is 0 Å². The average Bonchev–Trinajstić information content (AvgIpc) is 2.74. The van der Waals surface area contributed by atoms with Crippen molar-refractivity contribution in [3.63, 3.8) is 0 Å². The lowest BCUT2D eigenvalue weighted by Gasteiger charge is -2.24. The fraction of sp³-hybridized carbons (Fsp3) is 0.917. The van der Waals surface area contributed by atoms with Crippen LogP contribution < -0.4 is 0 Å². The van der Waals surface area contributed by atoms with Gasteiger partial charge in [0.15, 0.2) is 9.76 Å². The Hall–Kier alpha value is 0.0369. The summed E-state index contributed by atoms with van der Waals surface area (Å²) in [5.74, 6) is 0.524. The lowest BCUT2D eigenvalue weighted by Crippen LogP contribution is -2.28. The van der Waals surface area contributed by atoms with E-state index in [0.29, 0.717) is 24.0 Å². The van der Waals surface area contributed by atoms with Crippen LogP contribution in [0.3, 0.4) is 0 Å². The predicted octanol–water partition coefficient (Wildman–Crippen LogP) is 1.43. The summed E-state index contributed by atoms with van der Waals surface area (Å²) in [7, 11) is 1.79. The van der Waals surface area contributed by atoms with E-state index in [4.69, 9.17) is 13.7 Å². The Kier molecular flexibility index (Phi) is 4.47. The van der Waals surface area contributed by atoms with Crippen LogP contribution in [0.1, 0.15) is 33.6 Å². The van der Waals surface area contributed by atoms with Crippen molar-refractivity contribution in [3.05, 3.63) is 0 Å². The van der Waals surface area contributed by atoms with Crippen molar-refractivity contribution in [1.29, 1.82) is 0 Å². The summed E-state index contributed by atoms with van der Waals surface area (Å²) >= 11 is 0. The van der Waals surface area contributed by atoms with Crippen LogP contribution in [-0.4, -0.2) is 34.5 Å². The molecule has 0 aromatic carbocycles. The number of rotatable bonds is 4. The summed E-state index contributed by atoms with van der Waals surface area (Å²) in [5.41, 5.74) is 0. The highest BCUT2D eigenvalue weighted by atomic mass is 31.0. The molecular formula is C12H23O4PSi. The second kappa shape index (κ2) is 5.57. The van der Waals surface area contributed by atoms with Crippen molar-refractivity contribution in [2.24, 2.45) is 11.8 Å². The summed E-state index contributed by atoms with van der Waals surface area (Å²) in [4.78, 5) is 11.3. The van der Waals surface area contributed by atoms with Gasteiger partial charge in [-0.2, -0.15) is 0 Å². The molecule has 1 aliphatic carbocycles. The minimum absolute atomic E-state index is 0.0490. The second-order valence-corrected chi connectivity index (χ2v) is 9.64. The molecule has 0 aromatic heterocycles. The van der Waals surface area contributed by atoms with Crippen molar-refractivity contribution in [1.82, 2.24) is 0 Å². The van der Waals surface area contributed by atoms with Crippen LogP contribution >= 0.6 is 9.47 Å². The Morgan fingerprint density at radius 3 is 2.83 bits per heavy atom. The number of esters is 1. The molecule has 1 saturated carbocycles. The maximum Gasteiger partial charge on any atom is 0.306 e. The molecular weight excluding hydrogens is 267 g/mol. The third kappa shape index (κ3) is 3.32. The summed E-state index contributed by atoms with van der Waals surface area (Å²) < 4.78 is 16.7. The van der Waals surface area contributed by atoms with E-state index in [0.717, 1.165) is 6.42 Å². The van der Waals surface area contributed by atoms with Crippen molar-refractivity contribution in [3.8, 4) is 0 Å². The van der Waals surface area contributed by atoms with E-state index in [9.17, 15) is 4.79 Å². The van der Waals surface area contributed by atoms with E-state index in [2.05, 4.69) is 30.2 Å². The SMILES string of the molecule is CC(C)(C)[SiH2]OC[C@H]1C(OP)CC2OC(=O)CC21. The normalized spacial score (nSPS) is 36.3. The Morgan fingerprint density at radius 1 is 1.50 bits per heavy atom. The fourth-order valence-corrected chi connectivity index (χ4v) is 4.16. The van der Waals surface area contributed by atoms with Crippen LogP contribution in [0.4, 0.5) is 0 Å². The van der Waals surface area contributed by atoms with Crippen LogP contribution in [0, 0.1) is 11.8 Å². The molecule has 0 amide bonds. The summed E-state index contributed by atoms with van der Waals surface area (Å²) in [5, 5.41) is 0.303. The molecule has 0 spiro atoms. The number of ether oxygens (including phenoxy) is 1. The molecule has 0 bridgehead atoms. The predicted molar refractivity (Wildman–Crippen MR) is 74.9 cm³/mol. The molecule has 0 aromatic rings. The largest absolute Gasteiger partial charge is 0.462 e. The number of carbonyl (C=O) groups is 1. The second-order valence-electron chi connectivity index (χ2n) is 6.55. The maximum atomic E-state index is 11.3. The van der Waals surface area contributed by atoms with E-state index < -0.39 is 9.76 Å². The molecule has 0 N–H and O–H groups in total. The first-order valence-electron chi connectivity index (χ1n) is 6.53. The lowest BCUT2D eigenvalue weighted by molar-refractivity contribution is -0.141. The van der Waals surface area contributed by atoms with Gasteiger partial charge in [0, 0.05) is 34.3 Å². The van der Waals surface area contributed by atoms with E-state index in [1.807, 2.05) is 0 Å². The highest BCUT2D eigenvalue weighted by Gasteiger charge is 2.50. The number of hydrogen-bond donors (Lipinski definition) is 0. The molecule has 6 heteroatoms. The molecule has 5 atom stereocenters. The highest BCUT2D eigenvalue weighted by Crippen LogP contribution is 2.43. The van der Waals surface area contributed by atoms with E-state index in [-0.39, 0.29) is 24.1 Å². The first-order valence-corrected chi connectivity index (χ1v) is 8.29. The number of carbonyl (C=O) groups excluding carboxylic acids is 1. The zero-order valence-corrected chi connectivity index (χ0v) is 13.9. The zero-order chi connectivity index (χ0) is 13.3. The fourth-order valence-electron chi connectivity index (χ4n) is 2.85. The van der Waals surface area contributed by atoms with Crippen LogP contribution in [0.2, 0.25) is 5.04 Å². The van der Waals surface area contributed by atoms with Crippen molar-refractivity contribution in [2.75, 3.05) is 6.61 Å². The molecule has 1 saturated heterocycles. The molecule has 104 valence electrons. The number of fused-ring (bicyclic) bond motifs is 1. The standard InChI is InChI=1S/C12H23O4PSi/c1-12(2,3)18-14-6-8-7-4-11(13)15-9(7)5-10(8)16-17/h7-10H,4-6,17-18H2,1-3H3/t7?,8-,9?,10?/m1/s1. The minimum Gasteiger partial charge on any atom is -0.462 e. The molecule has 2 fully saturated rings. The molecule has 2 aliphatic rings. The molecule has 0 radical (unpaired) electrons. The molecule has 1 aliphatic heterocycles. The quantitative estimate of drug-likeness (QED) is 0.446. The molecule has 4 unspecified atom stereocenters. The third-order valence-electron chi connectivity index (χ3n) is 3.68. The minimum atomic E-state index is -0.542. The van der Waals surface area contributed by atoms with E-state index >= 15 is 0 Å². The Labute approximate surface area is 113 Å². The van der Waals surface area contributed by atoms with Gasteiger partial charge in [-0.3, -0.25) is 4.79 Å². The summed E-state index contributed by atoms with van der Waals surface area (Å²) in [6.45, 7) is 7.34. The van der Waals surface area contributed by atoms with Crippen molar-refractivity contribution >= 4 is 25.2 Å². The van der Waals surface area contributed by atoms with Gasteiger partial charge in [0.1, 0.15) is 6.10 Å². The molecule has 1 heterocycles. The summed E-state index contributed by atoms with van der Waals surface area (Å²) in [6.07, 6.45) is 1.53. The lowest BCUT2D eigenvalue weighted by atomic mass is 9.93. The third-order valence-corrected chi connectivity index (χ3v) is 5.33. The van der Waals surface area contributed by atoms with E-state index in [1.165, 1.54) is 0 Å². The van der Waals surface area contributed by atoms with Gasteiger partial charge >= 0.3 is 5.97 Å². The monoisotopic (exact) mass is 290 g/mol. The zero-order valence-electron chi connectivity index (χ0n) is 11.3. The maximum absolute atomic E-state index is 11.3. The van der Waals surface area contributed by atoms with Crippen molar-refractivity contribution in [2.45, 2.75) is 50.9 Å². The van der Waals surface area contributed by atoms with E-state index in [1.54, 1.807) is 0 Å². The topological polar surface area (TPSA) is 44.8 Å². The Bertz CT molecular complexity index is 318. The van der Waals surface area contributed by atoms with Crippen molar-refractivity contribution < 1.29 is 18.5 Å². The smallest absolute Gasteiger partial charge is 0.306 e. The highest BCUT2D eigenvalue weighted by molar-refractivity contribution is 7.09. The van der Waals surface area contributed by atoms with Crippen LogP contribution in [0.5, 0.6) is 0 Å². The van der Waals surface area contributed by atoms with Crippen LogP contribution in [0.25, 0.3) is 0 Å². The van der Waals surface area contributed by atoms with Gasteiger partial charge < -0.3 is 13.7 Å². The molecule has 4 nitrogen and oxygen atoms in total. The first-order chi connectivity index (χ1) is 8.40. The van der Waals surface area contributed by atoms with Gasteiger partial charge in [0.05, 0.1) is 12.5 Å². The average molecular weight is 290 g/mol. The van der Waals surface area contributed by atoms with Crippen LogP contribution in [0.15, 0.2) is 0 Å². The van der Waals surface area contributed by atoms with Crippen LogP contribution in [-0.2, 0) is 18.5 Å². The Morgan fingerprint density at radius 2 is 2.22 bits per heavy atom. The molecule has 18 heavy (non-hydrogen) atoms. The summed E-state index contributed by atoms with van der Waals surface area (Å²) in [6, 6.07) is 0. The number of hydrogen-bond acceptors (Lipinski definition) is 4. The molecule has 2 rings (SSSR count). The Balaban J connectivity index is 1.90. The van der Waals surface area contributed by atoms with Gasteiger partial charge in [-0.1, -0.05) is 20.8 Å². The van der Waals surface area contributed by atoms with Gasteiger partial charge in [0.25, 0.3) is 0 Å².